The second kappa shape index (κ2) is 7.27. The minimum Gasteiger partial charge on any atom is -0.460 e. The first-order chi connectivity index (χ1) is 9.45. The highest BCUT2D eigenvalue weighted by Gasteiger charge is 2.26. The molecule has 0 saturated carbocycles. The lowest BCUT2D eigenvalue weighted by Crippen LogP contribution is -2.21. The number of hydrogen-bond donors (Lipinski definition) is 0. The summed E-state index contributed by atoms with van der Waals surface area (Å²) in [4.78, 5) is 23.8. The SMILES string of the molecule is CCCCCc1c(C)c(C(=O)C(=O)OCC)n(C)c1C. The zero-order valence-corrected chi connectivity index (χ0v) is 13.2. The molecule has 0 aliphatic rings. The Labute approximate surface area is 121 Å². The summed E-state index contributed by atoms with van der Waals surface area (Å²) in [6.45, 7) is 8.00. The van der Waals surface area contributed by atoms with E-state index in [0.29, 0.717) is 5.69 Å². The van der Waals surface area contributed by atoms with Crippen molar-refractivity contribution in [2.24, 2.45) is 7.05 Å². The summed E-state index contributed by atoms with van der Waals surface area (Å²) >= 11 is 0. The van der Waals surface area contributed by atoms with E-state index in [2.05, 4.69) is 6.92 Å². The molecule has 0 radical (unpaired) electrons. The van der Waals surface area contributed by atoms with Crippen LogP contribution in [-0.4, -0.2) is 22.9 Å². The molecule has 0 amide bonds. The minimum absolute atomic E-state index is 0.219. The standard InChI is InChI=1S/C16H25NO3/c1-6-8-9-10-13-11(3)14(17(5)12(13)4)15(18)16(19)20-7-2/h6-10H2,1-5H3. The van der Waals surface area contributed by atoms with Gasteiger partial charge in [-0.1, -0.05) is 19.8 Å². The molecule has 4 heteroatoms. The van der Waals surface area contributed by atoms with E-state index in [-0.39, 0.29) is 6.61 Å². The Morgan fingerprint density at radius 3 is 2.35 bits per heavy atom. The van der Waals surface area contributed by atoms with Gasteiger partial charge in [-0.05, 0) is 44.7 Å². The van der Waals surface area contributed by atoms with Crippen LogP contribution in [0.1, 0.15) is 60.4 Å². The van der Waals surface area contributed by atoms with Crippen molar-refractivity contribution in [2.45, 2.75) is 53.4 Å². The lowest BCUT2D eigenvalue weighted by Gasteiger charge is -2.04. The van der Waals surface area contributed by atoms with Gasteiger partial charge in [0.1, 0.15) is 0 Å². The number of carbonyl (C=O) groups excluding carboxylic acids is 2. The number of aromatic nitrogens is 1. The van der Waals surface area contributed by atoms with Crippen LogP contribution in [0.25, 0.3) is 0 Å². The molecule has 0 unspecified atom stereocenters. The highest BCUT2D eigenvalue weighted by molar-refractivity contribution is 6.40. The molecule has 0 saturated heterocycles. The molecule has 0 atom stereocenters. The van der Waals surface area contributed by atoms with E-state index < -0.39 is 11.8 Å². The van der Waals surface area contributed by atoms with Crippen LogP contribution in [0.3, 0.4) is 0 Å². The molecule has 4 nitrogen and oxygen atoms in total. The van der Waals surface area contributed by atoms with Gasteiger partial charge in [-0.25, -0.2) is 4.79 Å². The molecule has 0 spiro atoms. The van der Waals surface area contributed by atoms with Gasteiger partial charge in [-0.15, -0.1) is 0 Å². The Bertz CT molecular complexity index is 500. The average molecular weight is 279 g/mol. The zero-order valence-electron chi connectivity index (χ0n) is 13.2. The summed E-state index contributed by atoms with van der Waals surface area (Å²) < 4.78 is 6.63. The van der Waals surface area contributed by atoms with Crippen molar-refractivity contribution in [3.63, 3.8) is 0 Å². The predicted molar refractivity (Wildman–Crippen MR) is 79.1 cm³/mol. The van der Waals surface area contributed by atoms with Gasteiger partial charge < -0.3 is 9.30 Å². The maximum Gasteiger partial charge on any atom is 0.381 e. The van der Waals surface area contributed by atoms with Gasteiger partial charge >= 0.3 is 5.97 Å². The van der Waals surface area contributed by atoms with Gasteiger partial charge in [0.2, 0.25) is 0 Å². The molecule has 20 heavy (non-hydrogen) atoms. The smallest absolute Gasteiger partial charge is 0.381 e. The molecular formula is C16H25NO3. The van der Waals surface area contributed by atoms with Crippen LogP contribution in [0.5, 0.6) is 0 Å². The number of rotatable bonds is 7. The molecule has 0 aliphatic carbocycles. The van der Waals surface area contributed by atoms with Gasteiger partial charge in [0.05, 0.1) is 12.3 Å². The Morgan fingerprint density at radius 1 is 1.15 bits per heavy atom. The number of hydrogen-bond acceptors (Lipinski definition) is 3. The zero-order chi connectivity index (χ0) is 15.3. The Balaban J connectivity index is 3.06. The Morgan fingerprint density at radius 2 is 1.80 bits per heavy atom. The van der Waals surface area contributed by atoms with Crippen molar-refractivity contribution in [3.8, 4) is 0 Å². The Hall–Kier alpha value is -1.58. The van der Waals surface area contributed by atoms with Crippen LogP contribution in [0, 0.1) is 13.8 Å². The van der Waals surface area contributed by atoms with Gasteiger partial charge in [-0.3, -0.25) is 4.79 Å². The monoisotopic (exact) mass is 279 g/mol. The highest BCUT2D eigenvalue weighted by atomic mass is 16.5. The number of nitrogens with zero attached hydrogens (tertiary/aromatic N) is 1. The summed E-state index contributed by atoms with van der Waals surface area (Å²) in [5.41, 5.74) is 3.63. The van der Waals surface area contributed by atoms with E-state index in [1.54, 1.807) is 6.92 Å². The third-order valence-electron chi connectivity index (χ3n) is 3.79. The Kier molecular flexibility index (Phi) is 5.99. The van der Waals surface area contributed by atoms with Gasteiger partial charge in [0.15, 0.2) is 0 Å². The summed E-state index contributed by atoms with van der Waals surface area (Å²) in [6, 6.07) is 0. The predicted octanol–water partition coefficient (Wildman–Crippen LogP) is 3.12. The first kappa shape index (κ1) is 16.5. The molecular weight excluding hydrogens is 254 g/mol. The van der Waals surface area contributed by atoms with Crippen molar-refractivity contribution >= 4 is 11.8 Å². The van der Waals surface area contributed by atoms with Crippen molar-refractivity contribution in [2.75, 3.05) is 6.61 Å². The summed E-state index contributed by atoms with van der Waals surface area (Å²) in [5.74, 6) is -1.31. The van der Waals surface area contributed by atoms with Crippen LogP contribution < -0.4 is 0 Å². The first-order valence-electron chi connectivity index (χ1n) is 7.31. The number of unbranched alkanes of at least 4 members (excludes halogenated alkanes) is 2. The summed E-state index contributed by atoms with van der Waals surface area (Å²) in [5, 5.41) is 0. The van der Waals surface area contributed by atoms with E-state index in [1.807, 2.05) is 25.5 Å². The van der Waals surface area contributed by atoms with Crippen LogP contribution in [0.2, 0.25) is 0 Å². The molecule has 112 valence electrons. The lowest BCUT2D eigenvalue weighted by atomic mass is 10.0. The molecule has 1 aromatic rings. The van der Waals surface area contributed by atoms with Crippen LogP contribution in [0.4, 0.5) is 0 Å². The van der Waals surface area contributed by atoms with Crippen molar-refractivity contribution in [1.29, 1.82) is 0 Å². The van der Waals surface area contributed by atoms with Gasteiger partial charge in [0, 0.05) is 12.7 Å². The number of Topliss-reactive ketones (excluding diaryl/α,β-unsaturated/α-hetero) is 1. The summed E-state index contributed by atoms with van der Waals surface area (Å²) in [7, 11) is 1.83. The number of ketones is 1. The van der Waals surface area contributed by atoms with Gasteiger partial charge in [-0.2, -0.15) is 0 Å². The van der Waals surface area contributed by atoms with Crippen molar-refractivity contribution < 1.29 is 14.3 Å². The van der Waals surface area contributed by atoms with Crippen LogP contribution in [0.15, 0.2) is 0 Å². The normalized spacial score (nSPS) is 10.7. The van der Waals surface area contributed by atoms with E-state index >= 15 is 0 Å². The number of ether oxygens (including phenoxy) is 1. The van der Waals surface area contributed by atoms with E-state index in [1.165, 1.54) is 18.4 Å². The van der Waals surface area contributed by atoms with Gasteiger partial charge in [0.25, 0.3) is 5.78 Å². The van der Waals surface area contributed by atoms with Crippen LogP contribution >= 0.6 is 0 Å². The molecule has 1 aromatic heterocycles. The van der Waals surface area contributed by atoms with Crippen molar-refractivity contribution in [3.05, 3.63) is 22.5 Å². The fourth-order valence-electron chi connectivity index (χ4n) is 2.57. The topological polar surface area (TPSA) is 48.3 Å². The maximum absolute atomic E-state index is 12.2. The van der Waals surface area contributed by atoms with E-state index in [4.69, 9.17) is 4.74 Å². The highest BCUT2D eigenvalue weighted by Crippen LogP contribution is 2.24. The molecule has 0 N–H and O–H groups in total. The molecule has 0 bridgehead atoms. The van der Waals surface area contributed by atoms with E-state index in [0.717, 1.165) is 24.1 Å². The third-order valence-corrected chi connectivity index (χ3v) is 3.79. The lowest BCUT2D eigenvalue weighted by molar-refractivity contribution is -0.137. The van der Waals surface area contributed by atoms with Crippen molar-refractivity contribution in [1.82, 2.24) is 4.57 Å². The fourth-order valence-corrected chi connectivity index (χ4v) is 2.57. The second-order valence-corrected chi connectivity index (χ2v) is 5.10. The molecule has 0 aromatic carbocycles. The number of esters is 1. The maximum atomic E-state index is 12.2. The number of carbonyl (C=O) groups is 2. The first-order valence-corrected chi connectivity index (χ1v) is 7.31. The molecule has 0 fully saturated rings. The molecule has 1 heterocycles. The summed E-state index contributed by atoms with van der Waals surface area (Å²) in [6.07, 6.45) is 4.40. The average Bonchev–Trinajstić information content (AvgIpc) is 2.62. The quantitative estimate of drug-likeness (QED) is 0.333. The fraction of sp³-hybridized carbons (Fsp3) is 0.625. The van der Waals surface area contributed by atoms with E-state index in [9.17, 15) is 9.59 Å². The molecule has 1 rings (SSSR count). The van der Waals surface area contributed by atoms with Crippen LogP contribution in [-0.2, 0) is 23.0 Å². The largest absolute Gasteiger partial charge is 0.460 e. The second-order valence-electron chi connectivity index (χ2n) is 5.10. The third kappa shape index (κ3) is 3.30. The molecule has 0 aliphatic heterocycles. The minimum atomic E-state index is -0.767.